The van der Waals surface area contributed by atoms with Gasteiger partial charge >= 0.3 is 0 Å². The van der Waals surface area contributed by atoms with E-state index in [1.54, 1.807) is 30.5 Å². The van der Waals surface area contributed by atoms with E-state index in [-0.39, 0.29) is 18.1 Å². The van der Waals surface area contributed by atoms with Gasteiger partial charge in [-0.05, 0) is 29.3 Å². The van der Waals surface area contributed by atoms with E-state index in [1.807, 2.05) is 30.5 Å². The van der Waals surface area contributed by atoms with Crippen LogP contribution in [0.4, 0.5) is 10.1 Å². The van der Waals surface area contributed by atoms with Gasteiger partial charge in [0.05, 0.1) is 11.1 Å². The summed E-state index contributed by atoms with van der Waals surface area (Å²) in [5.74, 6) is -0.259. The quantitative estimate of drug-likeness (QED) is 0.239. The number of hydrogen-bond acceptors (Lipinski definition) is 4. The zero-order chi connectivity index (χ0) is 20.9. The van der Waals surface area contributed by atoms with Crippen LogP contribution in [0.5, 0.6) is 0 Å². The second-order valence-corrected chi connectivity index (χ2v) is 6.79. The zero-order valence-electron chi connectivity index (χ0n) is 15.9. The second-order valence-electron chi connectivity index (χ2n) is 6.79. The van der Waals surface area contributed by atoms with Crippen LogP contribution in [0.25, 0.3) is 10.9 Å². The fourth-order valence-corrected chi connectivity index (χ4v) is 3.26. The molecule has 0 spiro atoms. The zero-order valence-corrected chi connectivity index (χ0v) is 15.9. The second kappa shape index (κ2) is 8.57. The highest BCUT2D eigenvalue weighted by atomic mass is 19.1. The summed E-state index contributed by atoms with van der Waals surface area (Å²) in [6.45, 7) is 0.732. The minimum atomic E-state index is -0.442. The molecule has 4 rings (SSSR count). The lowest BCUT2D eigenvalue weighted by Crippen LogP contribution is -1.97. The molecule has 150 valence electrons. The van der Waals surface area contributed by atoms with Crippen LogP contribution in [0.2, 0.25) is 0 Å². The van der Waals surface area contributed by atoms with Crippen molar-refractivity contribution in [3.8, 4) is 0 Å². The van der Waals surface area contributed by atoms with E-state index in [0.717, 1.165) is 22.0 Å². The van der Waals surface area contributed by atoms with Crippen LogP contribution < -0.4 is 0 Å². The number of halogens is 1. The molecule has 3 aromatic carbocycles. The van der Waals surface area contributed by atoms with E-state index < -0.39 is 4.92 Å². The minimum absolute atomic E-state index is 0.0175. The molecule has 4 aromatic rings. The molecule has 0 atom stereocenters. The predicted octanol–water partition coefficient (Wildman–Crippen LogP) is 5.29. The number of nitro groups is 1. The third-order valence-electron chi connectivity index (χ3n) is 4.70. The van der Waals surface area contributed by atoms with Crippen LogP contribution >= 0.6 is 0 Å². The molecule has 0 saturated heterocycles. The number of benzene rings is 3. The molecule has 0 bridgehead atoms. The largest absolute Gasteiger partial charge is 0.391 e. The molecule has 0 amide bonds. The Bertz CT molecular complexity index is 1220. The fraction of sp³-hybridized carbons (Fsp3) is 0.0870. The standard InChI is InChI=1S/C23H18FN3O3/c24-20-10-8-17(9-11-20)14-26-15-19(22-6-1-2-7-23(22)26)13-25-30-16-18-4-3-5-21(12-18)27(28)29/h1-13,15H,14,16H2/b25-13-. The van der Waals surface area contributed by atoms with Crippen molar-refractivity contribution in [1.29, 1.82) is 0 Å². The highest BCUT2D eigenvalue weighted by Gasteiger charge is 2.08. The summed E-state index contributed by atoms with van der Waals surface area (Å²) in [4.78, 5) is 15.8. The first-order valence-electron chi connectivity index (χ1n) is 9.31. The van der Waals surface area contributed by atoms with Crippen molar-refractivity contribution in [2.45, 2.75) is 13.2 Å². The average molecular weight is 403 g/mol. The lowest BCUT2D eigenvalue weighted by Gasteiger charge is -2.05. The van der Waals surface area contributed by atoms with Gasteiger partial charge in [-0.15, -0.1) is 0 Å². The van der Waals surface area contributed by atoms with Crippen LogP contribution in [0.15, 0.2) is 84.1 Å². The molecule has 0 aliphatic rings. The normalized spacial score (nSPS) is 11.2. The van der Waals surface area contributed by atoms with Crippen LogP contribution in [0.3, 0.4) is 0 Å². The molecule has 0 aliphatic heterocycles. The number of para-hydroxylation sites is 1. The van der Waals surface area contributed by atoms with Crippen molar-refractivity contribution < 1.29 is 14.2 Å². The van der Waals surface area contributed by atoms with Gasteiger partial charge in [0.2, 0.25) is 0 Å². The van der Waals surface area contributed by atoms with Crippen molar-refractivity contribution in [2.24, 2.45) is 5.16 Å². The number of hydrogen-bond donors (Lipinski definition) is 0. The highest BCUT2D eigenvalue weighted by Crippen LogP contribution is 2.21. The Kier molecular flexibility index (Phi) is 5.52. The van der Waals surface area contributed by atoms with Crippen molar-refractivity contribution in [2.75, 3.05) is 0 Å². The minimum Gasteiger partial charge on any atom is -0.391 e. The molecule has 0 fully saturated rings. The maximum Gasteiger partial charge on any atom is 0.269 e. The molecule has 1 aromatic heterocycles. The van der Waals surface area contributed by atoms with E-state index >= 15 is 0 Å². The Balaban J connectivity index is 1.50. The molecule has 1 heterocycles. The number of aromatic nitrogens is 1. The summed E-state index contributed by atoms with van der Waals surface area (Å²) < 4.78 is 15.2. The van der Waals surface area contributed by atoms with E-state index in [4.69, 9.17) is 4.84 Å². The molecule has 7 heteroatoms. The third kappa shape index (κ3) is 4.35. The van der Waals surface area contributed by atoms with Crippen molar-refractivity contribution in [3.05, 3.63) is 112 Å². The van der Waals surface area contributed by atoms with Gasteiger partial charge < -0.3 is 9.40 Å². The first-order chi connectivity index (χ1) is 14.6. The van der Waals surface area contributed by atoms with Gasteiger partial charge in [0.25, 0.3) is 5.69 Å². The predicted molar refractivity (Wildman–Crippen MR) is 113 cm³/mol. The summed E-state index contributed by atoms with van der Waals surface area (Å²) in [6.07, 6.45) is 3.59. The Morgan fingerprint density at radius 3 is 2.63 bits per heavy atom. The van der Waals surface area contributed by atoms with Crippen LogP contribution in [-0.4, -0.2) is 15.7 Å². The molecular formula is C23H18FN3O3. The monoisotopic (exact) mass is 403 g/mol. The summed E-state index contributed by atoms with van der Waals surface area (Å²) >= 11 is 0. The molecule has 0 aliphatic carbocycles. The number of nitrogens with zero attached hydrogens (tertiary/aromatic N) is 3. The van der Waals surface area contributed by atoms with E-state index in [9.17, 15) is 14.5 Å². The summed E-state index contributed by atoms with van der Waals surface area (Å²) in [5, 5.41) is 15.9. The number of nitro benzene ring substituents is 1. The maximum atomic E-state index is 13.2. The first-order valence-corrected chi connectivity index (χ1v) is 9.31. The van der Waals surface area contributed by atoms with Gasteiger partial charge in [-0.1, -0.05) is 47.6 Å². The molecule has 0 unspecified atom stereocenters. The number of fused-ring (bicyclic) bond motifs is 1. The fourth-order valence-electron chi connectivity index (χ4n) is 3.26. The van der Waals surface area contributed by atoms with Gasteiger partial charge in [0.1, 0.15) is 12.4 Å². The lowest BCUT2D eigenvalue weighted by molar-refractivity contribution is -0.384. The Morgan fingerprint density at radius 2 is 1.83 bits per heavy atom. The summed E-state index contributed by atoms with van der Waals surface area (Å²) in [6, 6.07) is 20.6. The van der Waals surface area contributed by atoms with Gasteiger partial charge in [-0.3, -0.25) is 10.1 Å². The molecule has 6 nitrogen and oxygen atoms in total. The molecule has 0 radical (unpaired) electrons. The van der Waals surface area contributed by atoms with Crippen molar-refractivity contribution in [3.63, 3.8) is 0 Å². The van der Waals surface area contributed by atoms with E-state index in [2.05, 4.69) is 9.72 Å². The topological polar surface area (TPSA) is 69.7 Å². The van der Waals surface area contributed by atoms with Crippen LogP contribution in [-0.2, 0) is 18.0 Å². The lowest BCUT2D eigenvalue weighted by atomic mass is 10.2. The first kappa shape index (κ1) is 19.3. The maximum absolute atomic E-state index is 13.2. The number of rotatable bonds is 7. The van der Waals surface area contributed by atoms with Crippen molar-refractivity contribution in [1.82, 2.24) is 4.57 Å². The molecule has 0 N–H and O–H groups in total. The number of oxime groups is 1. The van der Waals surface area contributed by atoms with Gasteiger partial charge in [-0.2, -0.15) is 0 Å². The average Bonchev–Trinajstić information content (AvgIpc) is 3.10. The molecular weight excluding hydrogens is 385 g/mol. The Hall–Kier alpha value is -4.00. The van der Waals surface area contributed by atoms with E-state index in [0.29, 0.717) is 12.1 Å². The van der Waals surface area contributed by atoms with Crippen molar-refractivity contribution >= 4 is 22.8 Å². The van der Waals surface area contributed by atoms with Gasteiger partial charge in [0, 0.05) is 41.3 Å². The Morgan fingerprint density at radius 1 is 1.03 bits per heavy atom. The smallest absolute Gasteiger partial charge is 0.269 e. The van der Waals surface area contributed by atoms with Crippen LogP contribution in [0, 0.1) is 15.9 Å². The highest BCUT2D eigenvalue weighted by molar-refractivity contribution is 5.99. The third-order valence-corrected chi connectivity index (χ3v) is 4.70. The number of non-ortho nitro benzene ring substituents is 1. The molecule has 30 heavy (non-hydrogen) atoms. The van der Waals surface area contributed by atoms with E-state index in [1.165, 1.54) is 24.3 Å². The van der Waals surface area contributed by atoms with Gasteiger partial charge in [-0.25, -0.2) is 4.39 Å². The summed E-state index contributed by atoms with van der Waals surface area (Å²) in [5.41, 5.74) is 3.58. The van der Waals surface area contributed by atoms with Crippen LogP contribution in [0.1, 0.15) is 16.7 Å². The van der Waals surface area contributed by atoms with Gasteiger partial charge in [0.15, 0.2) is 0 Å². The SMILES string of the molecule is O=[N+]([O-])c1cccc(CO/N=C\c2cn(Cc3ccc(F)cc3)c3ccccc23)c1. The summed E-state index contributed by atoms with van der Waals surface area (Å²) in [7, 11) is 0. The Labute approximate surface area is 172 Å². The molecule has 0 saturated carbocycles.